The number of nitrogens with zero attached hydrogens (tertiary/aromatic N) is 4. The molecule has 1 saturated heterocycles. The lowest BCUT2D eigenvalue weighted by molar-refractivity contribution is 0.133. The first-order valence-corrected chi connectivity index (χ1v) is 6.93. The first kappa shape index (κ1) is 12.5. The SMILES string of the molecule is Cc1cnn(C)c1S(=O)(=O)N1CC(N(C)C)C1. The Balaban J connectivity index is 2.23. The van der Waals surface area contributed by atoms with Gasteiger partial charge in [0.25, 0.3) is 10.0 Å². The summed E-state index contributed by atoms with van der Waals surface area (Å²) in [6, 6.07) is 0.318. The Labute approximate surface area is 102 Å². The van der Waals surface area contributed by atoms with Crippen LogP contribution in [0.3, 0.4) is 0 Å². The average Bonchev–Trinajstić information content (AvgIpc) is 2.41. The van der Waals surface area contributed by atoms with Gasteiger partial charge in [0.1, 0.15) is 0 Å². The lowest BCUT2D eigenvalue weighted by Gasteiger charge is -2.41. The van der Waals surface area contributed by atoms with E-state index in [1.165, 1.54) is 8.99 Å². The van der Waals surface area contributed by atoms with Crippen LogP contribution in [0.25, 0.3) is 0 Å². The van der Waals surface area contributed by atoms with E-state index in [2.05, 4.69) is 5.10 Å². The molecule has 1 aliphatic rings. The number of aromatic nitrogens is 2. The molecular formula is C10H18N4O2S. The zero-order chi connectivity index (χ0) is 12.8. The summed E-state index contributed by atoms with van der Waals surface area (Å²) in [6.45, 7) is 2.88. The number of likely N-dealkylation sites (N-methyl/N-ethyl adjacent to an activating group) is 1. The molecule has 0 saturated carbocycles. The molecule has 0 N–H and O–H groups in total. The molecular weight excluding hydrogens is 240 g/mol. The van der Waals surface area contributed by atoms with E-state index < -0.39 is 10.0 Å². The van der Waals surface area contributed by atoms with Crippen LogP contribution in [0.15, 0.2) is 11.2 Å². The van der Waals surface area contributed by atoms with Gasteiger partial charge >= 0.3 is 0 Å². The quantitative estimate of drug-likeness (QED) is 0.744. The Kier molecular flexibility index (Phi) is 3.01. The molecule has 1 aromatic heterocycles. The highest BCUT2D eigenvalue weighted by atomic mass is 32.2. The van der Waals surface area contributed by atoms with Crippen LogP contribution in [-0.2, 0) is 17.1 Å². The number of hydrogen-bond acceptors (Lipinski definition) is 4. The molecule has 17 heavy (non-hydrogen) atoms. The molecule has 0 aromatic carbocycles. The maximum Gasteiger partial charge on any atom is 0.260 e. The molecule has 0 unspecified atom stereocenters. The van der Waals surface area contributed by atoms with E-state index in [1.54, 1.807) is 20.2 Å². The number of aryl methyl sites for hydroxylation is 2. The summed E-state index contributed by atoms with van der Waals surface area (Å²) in [5.41, 5.74) is 0.695. The highest BCUT2D eigenvalue weighted by molar-refractivity contribution is 7.89. The predicted octanol–water partition coefficient (Wildman–Crippen LogP) is -0.337. The van der Waals surface area contributed by atoms with Crippen LogP contribution >= 0.6 is 0 Å². The summed E-state index contributed by atoms with van der Waals surface area (Å²) in [4.78, 5) is 2.04. The third kappa shape index (κ3) is 1.98. The molecule has 0 bridgehead atoms. The number of hydrogen-bond donors (Lipinski definition) is 0. The molecule has 1 aliphatic heterocycles. The van der Waals surface area contributed by atoms with Gasteiger partial charge in [-0.1, -0.05) is 0 Å². The Hall–Kier alpha value is -0.920. The molecule has 0 amide bonds. The van der Waals surface area contributed by atoms with Crippen molar-refractivity contribution in [2.45, 2.75) is 18.0 Å². The Morgan fingerprint density at radius 3 is 2.41 bits per heavy atom. The van der Waals surface area contributed by atoms with Gasteiger partial charge in [0.2, 0.25) is 0 Å². The van der Waals surface area contributed by atoms with Crippen LogP contribution in [0.2, 0.25) is 0 Å². The monoisotopic (exact) mass is 258 g/mol. The standard InChI is InChI=1S/C10H18N4O2S/c1-8-5-11-13(4)10(8)17(15,16)14-6-9(7-14)12(2)3/h5,9H,6-7H2,1-4H3. The minimum atomic E-state index is -3.38. The van der Waals surface area contributed by atoms with Crippen molar-refractivity contribution in [2.24, 2.45) is 7.05 Å². The molecule has 1 fully saturated rings. The molecule has 2 heterocycles. The van der Waals surface area contributed by atoms with Gasteiger partial charge in [-0.25, -0.2) is 8.42 Å². The third-order valence-electron chi connectivity index (χ3n) is 3.20. The number of rotatable bonds is 3. The second kappa shape index (κ2) is 4.08. The first-order chi connectivity index (χ1) is 7.84. The van der Waals surface area contributed by atoms with Crippen LogP contribution in [0.4, 0.5) is 0 Å². The normalized spacial score (nSPS) is 18.6. The van der Waals surface area contributed by atoms with Gasteiger partial charge < -0.3 is 4.90 Å². The van der Waals surface area contributed by atoms with Gasteiger partial charge in [-0.05, 0) is 21.0 Å². The van der Waals surface area contributed by atoms with Crippen molar-refractivity contribution in [1.29, 1.82) is 0 Å². The molecule has 6 nitrogen and oxygen atoms in total. The Morgan fingerprint density at radius 1 is 1.41 bits per heavy atom. The topological polar surface area (TPSA) is 58.4 Å². The van der Waals surface area contributed by atoms with Crippen molar-refractivity contribution in [2.75, 3.05) is 27.2 Å². The number of sulfonamides is 1. The third-order valence-corrected chi connectivity index (χ3v) is 5.25. The maximum atomic E-state index is 12.3. The fourth-order valence-corrected chi connectivity index (χ4v) is 3.79. The molecule has 0 spiro atoms. The largest absolute Gasteiger partial charge is 0.304 e. The fraction of sp³-hybridized carbons (Fsp3) is 0.700. The average molecular weight is 258 g/mol. The van der Waals surface area contributed by atoms with Crippen molar-refractivity contribution in [3.8, 4) is 0 Å². The van der Waals surface area contributed by atoms with E-state index in [4.69, 9.17) is 0 Å². The van der Waals surface area contributed by atoms with Gasteiger partial charge in [-0.3, -0.25) is 4.68 Å². The zero-order valence-electron chi connectivity index (χ0n) is 10.6. The van der Waals surface area contributed by atoms with Crippen molar-refractivity contribution < 1.29 is 8.42 Å². The van der Waals surface area contributed by atoms with E-state index in [1.807, 2.05) is 19.0 Å². The van der Waals surface area contributed by atoms with Crippen LogP contribution < -0.4 is 0 Å². The summed E-state index contributed by atoms with van der Waals surface area (Å²) >= 11 is 0. The fourth-order valence-electron chi connectivity index (χ4n) is 1.97. The second-order valence-corrected chi connectivity index (χ2v) is 6.55. The summed E-state index contributed by atoms with van der Waals surface area (Å²) in [6.07, 6.45) is 1.58. The van der Waals surface area contributed by atoms with E-state index in [0.29, 0.717) is 29.7 Å². The smallest absolute Gasteiger partial charge is 0.260 e. The van der Waals surface area contributed by atoms with Crippen molar-refractivity contribution in [3.05, 3.63) is 11.8 Å². The van der Waals surface area contributed by atoms with Crippen LogP contribution in [0.1, 0.15) is 5.56 Å². The van der Waals surface area contributed by atoms with Gasteiger partial charge in [-0.15, -0.1) is 0 Å². The van der Waals surface area contributed by atoms with Crippen LogP contribution in [0, 0.1) is 6.92 Å². The van der Waals surface area contributed by atoms with Gasteiger partial charge in [0, 0.05) is 31.7 Å². The lowest BCUT2D eigenvalue weighted by Crippen LogP contribution is -2.59. The second-order valence-electron chi connectivity index (χ2n) is 4.70. The van der Waals surface area contributed by atoms with Gasteiger partial charge in [0.05, 0.1) is 6.20 Å². The predicted molar refractivity (Wildman–Crippen MR) is 64.2 cm³/mol. The molecule has 0 radical (unpaired) electrons. The summed E-state index contributed by atoms with van der Waals surface area (Å²) in [5, 5.41) is 4.28. The molecule has 7 heteroatoms. The highest BCUT2D eigenvalue weighted by Crippen LogP contribution is 2.24. The Morgan fingerprint density at radius 2 is 2.00 bits per heavy atom. The maximum absolute atomic E-state index is 12.3. The van der Waals surface area contributed by atoms with E-state index >= 15 is 0 Å². The van der Waals surface area contributed by atoms with E-state index in [9.17, 15) is 8.42 Å². The van der Waals surface area contributed by atoms with E-state index in [-0.39, 0.29) is 0 Å². The van der Waals surface area contributed by atoms with Gasteiger partial charge in [-0.2, -0.15) is 9.40 Å². The van der Waals surface area contributed by atoms with Gasteiger partial charge in [0.15, 0.2) is 5.03 Å². The molecule has 1 aromatic rings. The van der Waals surface area contributed by atoms with Crippen molar-refractivity contribution >= 4 is 10.0 Å². The molecule has 0 atom stereocenters. The lowest BCUT2D eigenvalue weighted by atomic mass is 10.2. The van der Waals surface area contributed by atoms with Crippen LogP contribution in [-0.4, -0.2) is 60.6 Å². The minimum Gasteiger partial charge on any atom is -0.304 e. The zero-order valence-corrected chi connectivity index (χ0v) is 11.4. The summed E-state index contributed by atoms with van der Waals surface area (Å²) < 4.78 is 27.6. The van der Waals surface area contributed by atoms with Crippen molar-refractivity contribution in [3.63, 3.8) is 0 Å². The summed E-state index contributed by atoms with van der Waals surface area (Å²) in [7, 11) is 2.20. The van der Waals surface area contributed by atoms with Crippen molar-refractivity contribution in [1.82, 2.24) is 19.0 Å². The molecule has 96 valence electrons. The Bertz CT molecular complexity index is 495. The highest BCUT2D eigenvalue weighted by Gasteiger charge is 2.39. The molecule has 2 rings (SSSR count). The van der Waals surface area contributed by atoms with E-state index in [0.717, 1.165) is 0 Å². The first-order valence-electron chi connectivity index (χ1n) is 5.49. The molecule has 0 aliphatic carbocycles. The van der Waals surface area contributed by atoms with Crippen LogP contribution in [0.5, 0.6) is 0 Å². The minimum absolute atomic E-state index is 0.301. The summed E-state index contributed by atoms with van der Waals surface area (Å²) in [5.74, 6) is 0.